The Bertz CT molecular complexity index is 531. The Balaban J connectivity index is 1.90. The lowest BCUT2D eigenvalue weighted by molar-refractivity contribution is -0.0934. The van der Waals surface area contributed by atoms with Gasteiger partial charge in [0.05, 0.1) is 12.7 Å². The van der Waals surface area contributed by atoms with Crippen LogP contribution >= 0.6 is 0 Å². The Hall–Kier alpha value is -1.28. The van der Waals surface area contributed by atoms with Gasteiger partial charge in [0.1, 0.15) is 0 Å². The molecule has 1 aromatic carbocycles. The average Bonchev–Trinajstić information content (AvgIpc) is 2.44. The van der Waals surface area contributed by atoms with E-state index >= 15 is 0 Å². The summed E-state index contributed by atoms with van der Waals surface area (Å²) in [4.78, 5) is 2.14. The van der Waals surface area contributed by atoms with Crippen LogP contribution < -0.4 is 4.90 Å². The first-order valence-corrected chi connectivity index (χ1v) is 8.06. The van der Waals surface area contributed by atoms with E-state index in [1.165, 1.54) is 16.8 Å². The van der Waals surface area contributed by atoms with E-state index in [9.17, 15) is 0 Å². The van der Waals surface area contributed by atoms with Crippen molar-refractivity contribution in [2.24, 2.45) is 23.7 Å². The van der Waals surface area contributed by atoms with Crippen molar-refractivity contribution in [3.63, 3.8) is 0 Å². The maximum atomic E-state index is 6.29. The van der Waals surface area contributed by atoms with E-state index in [1.807, 2.05) is 0 Å². The zero-order valence-corrected chi connectivity index (χ0v) is 13.8. The highest BCUT2D eigenvalue weighted by molar-refractivity contribution is 5.46. The Labute approximate surface area is 128 Å². The third-order valence-corrected chi connectivity index (χ3v) is 5.50. The summed E-state index contributed by atoms with van der Waals surface area (Å²) in [6.45, 7) is 7.91. The minimum atomic E-state index is 0.219. The minimum Gasteiger partial charge on any atom is -0.378 e. The SMILES string of the molecule is CC1=C[C@H](C)[C@@H]2CO[C@H](c3ccc(N(C)C)cc3)[C@@H]1[C@H]2C. The first-order chi connectivity index (χ1) is 9.99. The van der Waals surface area contributed by atoms with Gasteiger partial charge in [0.2, 0.25) is 0 Å². The number of fused-ring (bicyclic) bond motifs is 2. The molecule has 2 bridgehead atoms. The molecule has 0 N–H and O–H groups in total. The summed E-state index contributed by atoms with van der Waals surface area (Å²) in [7, 11) is 4.16. The summed E-state index contributed by atoms with van der Waals surface area (Å²) in [5.41, 5.74) is 4.07. The van der Waals surface area contributed by atoms with Crippen LogP contribution in [0.2, 0.25) is 0 Å². The first kappa shape index (κ1) is 14.6. The summed E-state index contributed by atoms with van der Waals surface area (Å²) < 4.78 is 6.29. The van der Waals surface area contributed by atoms with Crippen molar-refractivity contribution in [2.45, 2.75) is 26.9 Å². The van der Waals surface area contributed by atoms with Crippen LogP contribution in [0.15, 0.2) is 35.9 Å². The molecule has 2 heteroatoms. The Morgan fingerprint density at radius 3 is 2.38 bits per heavy atom. The molecule has 0 radical (unpaired) electrons. The van der Waals surface area contributed by atoms with E-state index in [4.69, 9.17) is 4.74 Å². The predicted molar refractivity (Wildman–Crippen MR) is 88.5 cm³/mol. The number of nitrogens with zero attached hydrogens (tertiary/aromatic N) is 1. The molecule has 0 spiro atoms. The van der Waals surface area contributed by atoms with Crippen LogP contribution in [-0.4, -0.2) is 20.7 Å². The molecule has 1 aliphatic carbocycles. The van der Waals surface area contributed by atoms with Gasteiger partial charge in [-0.05, 0) is 42.4 Å². The minimum absolute atomic E-state index is 0.219. The molecule has 1 fully saturated rings. The lowest BCUT2D eigenvalue weighted by atomic mass is 9.64. The number of allylic oxidation sites excluding steroid dienone is 1. The zero-order valence-electron chi connectivity index (χ0n) is 13.8. The van der Waals surface area contributed by atoms with Gasteiger partial charge in [-0.25, -0.2) is 0 Å². The Morgan fingerprint density at radius 1 is 1.10 bits per heavy atom. The highest BCUT2D eigenvalue weighted by Gasteiger charge is 2.43. The quantitative estimate of drug-likeness (QED) is 0.752. The third-order valence-electron chi connectivity index (χ3n) is 5.50. The van der Waals surface area contributed by atoms with Crippen molar-refractivity contribution >= 4 is 5.69 Å². The van der Waals surface area contributed by atoms with Gasteiger partial charge in [0, 0.05) is 25.7 Å². The normalized spacial score (nSPS) is 35.3. The molecule has 0 unspecified atom stereocenters. The van der Waals surface area contributed by atoms with Crippen LogP contribution in [0.1, 0.15) is 32.4 Å². The van der Waals surface area contributed by atoms with Crippen LogP contribution in [0.5, 0.6) is 0 Å². The largest absolute Gasteiger partial charge is 0.378 e. The third kappa shape index (κ3) is 2.50. The van der Waals surface area contributed by atoms with Gasteiger partial charge in [0.15, 0.2) is 0 Å². The van der Waals surface area contributed by atoms with Crippen molar-refractivity contribution in [1.82, 2.24) is 0 Å². The molecule has 3 rings (SSSR count). The van der Waals surface area contributed by atoms with Gasteiger partial charge in [-0.1, -0.05) is 37.6 Å². The Kier molecular flexibility index (Phi) is 3.83. The standard InChI is InChI=1S/C19H27NO/c1-12-10-13(2)18-14(3)17(12)11-21-19(18)15-6-8-16(9-7-15)20(4)5/h6-10,12,14,17-19H,11H2,1-5H3/t12-,14-,17-,18-,19+/m0/s1. The number of rotatable bonds is 2. The predicted octanol–water partition coefficient (Wildman–Crippen LogP) is 4.29. The molecule has 1 heterocycles. The first-order valence-electron chi connectivity index (χ1n) is 8.06. The molecule has 0 aromatic heterocycles. The van der Waals surface area contributed by atoms with Crippen LogP contribution in [0.25, 0.3) is 0 Å². The van der Waals surface area contributed by atoms with E-state index in [0.29, 0.717) is 23.7 Å². The number of ether oxygens (including phenoxy) is 1. The molecule has 1 saturated heterocycles. The highest BCUT2D eigenvalue weighted by atomic mass is 16.5. The van der Waals surface area contributed by atoms with E-state index in [1.54, 1.807) is 0 Å². The molecule has 0 amide bonds. The highest BCUT2D eigenvalue weighted by Crippen LogP contribution is 2.49. The monoisotopic (exact) mass is 285 g/mol. The summed E-state index contributed by atoms with van der Waals surface area (Å²) in [5, 5.41) is 0. The average molecular weight is 285 g/mol. The van der Waals surface area contributed by atoms with Crippen LogP contribution in [-0.2, 0) is 4.74 Å². The molecule has 5 atom stereocenters. The maximum Gasteiger partial charge on any atom is 0.0892 e. The van der Waals surface area contributed by atoms with Crippen LogP contribution in [0.3, 0.4) is 0 Å². The van der Waals surface area contributed by atoms with Crippen LogP contribution in [0, 0.1) is 23.7 Å². The molecular weight excluding hydrogens is 258 g/mol. The zero-order chi connectivity index (χ0) is 15.1. The summed E-state index contributed by atoms with van der Waals surface area (Å²) in [6, 6.07) is 8.86. The molecular formula is C19H27NO. The molecule has 21 heavy (non-hydrogen) atoms. The second kappa shape index (κ2) is 5.49. The van der Waals surface area contributed by atoms with Crippen molar-refractivity contribution < 1.29 is 4.74 Å². The smallest absolute Gasteiger partial charge is 0.0892 e. The molecule has 1 aromatic rings. The number of hydrogen-bond acceptors (Lipinski definition) is 2. The van der Waals surface area contributed by atoms with Crippen molar-refractivity contribution in [2.75, 3.05) is 25.6 Å². The molecule has 2 aliphatic rings. The number of hydrogen-bond donors (Lipinski definition) is 0. The molecule has 0 saturated carbocycles. The van der Waals surface area contributed by atoms with Crippen LogP contribution in [0.4, 0.5) is 5.69 Å². The van der Waals surface area contributed by atoms with E-state index < -0.39 is 0 Å². The molecule has 1 aliphatic heterocycles. The fraction of sp³-hybridized carbons (Fsp3) is 0.579. The van der Waals surface area contributed by atoms with Crippen molar-refractivity contribution in [1.29, 1.82) is 0 Å². The molecule has 2 nitrogen and oxygen atoms in total. The van der Waals surface area contributed by atoms with Gasteiger partial charge in [-0.3, -0.25) is 0 Å². The fourth-order valence-corrected chi connectivity index (χ4v) is 4.21. The number of anilines is 1. The number of benzene rings is 1. The van der Waals surface area contributed by atoms with Gasteiger partial charge in [0.25, 0.3) is 0 Å². The summed E-state index contributed by atoms with van der Waals surface area (Å²) >= 11 is 0. The topological polar surface area (TPSA) is 12.5 Å². The second-order valence-electron chi connectivity index (χ2n) is 7.06. The second-order valence-corrected chi connectivity index (χ2v) is 7.06. The van der Waals surface area contributed by atoms with Gasteiger partial charge in [-0.2, -0.15) is 0 Å². The summed E-state index contributed by atoms with van der Waals surface area (Å²) in [6.07, 6.45) is 2.69. The lowest BCUT2D eigenvalue weighted by Crippen LogP contribution is -2.42. The Morgan fingerprint density at radius 2 is 1.76 bits per heavy atom. The van der Waals surface area contributed by atoms with E-state index in [2.05, 4.69) is 70.1 Å². The fourth-order valence-electron chi connectivity index (χ4n) is 4.21. The van der Waals surface area contributed by atoms with Crippen molar-refractivity contribution in [3.05, 3.63) is 41.5 Å². The summed E-state index contributed by atoms with van der Waals surface area (Å²) in [5.74, 6) is 2.56. The van der Waals surface area contributed by atoms with Gasteiger partial charge in [-0.15, -0.1) is 0 Å². The van der Waals surface area contributed by atoms with Gasteiger partial charge < -0.3 is 9.64 Å². The van der Waals surface area contributed by atoms with Crippen molar-refractivity contribution in [3.8, 4) is 0 Å². The van der Waals surface area contributed by atoms with E-state index in [-0.39, 0.29) is 6.10 Å². The molecule has 114 valence electrons. The van der Waals surface area contributed by atoms with E-state index in [0.717, 1.165) is 6.61 Å². The van der Waals surface area contributed by atoms with Gasteiger partial charge >= 0.3 is 0 Å². The lowest BCUT2D eigenvalue weighted by Gasteiger charge is -2.47. The maximum absolute atomic E-state index is 6.29.